The highest BCUT2D eigenvalue weighted by Crippen LogP contribution is 2.20. The topological polar surface area (TPSA) is 58.4 Å². The second kappa shape index (κ2) is 7.42. The van der Waals surface area contributed by atoms with Gasteiger partial charge in [-0.15, -0.1) is 0 Å². The molecule has 122 valence electrons. The average molecular weight is 306 g/mol. The summed E-state index contributed by atoms with van der Waals surface area (Å²) in [5, 5.41) is 4.16. The van der Waals surface area contributed by atoms with Crippen molar-refractivity contribution in [3.63, 3.8) is 0 Å². The van der Waals surface area contributed by atoms with E-state index in [0.717, 1.165) is 19.4 Å². The molecule has 6 heteroatoms. The maximum Gasteiger partial charge on any atom is 0.245 e. The molecule has 22 heavy (non-hydrogen) atoms. The average Bonchev–Trinajstić information content (AvgIpc) is 2.98. The van der Waals surface area contributed by atoms with Crippen molar-refractivity contribution in [2.45, 2.75) is 46.2 Å². The van der Waals surface area contributed by atoms with E-state index in [2.05, 4.69) is 18.9 Å². The number of aromatic nitrogens is 2. The standard InChI is InChI=1S/C16H26N4O2/c1-4-18-12-15(21)20(14(16(18)22)11-13(2)3)10-6-9-19-8-5-7-17-19/h5,7-8,13-14H,4,6,9-12H2,1-3H3/t14-/m0/s1. The fraction of sp³-hybridized carbons (Fsp3) is 0.688. The second-order valence-electron chi connectivity index (χ2n) is 6.21. The largest absolute Gasteiger partial charge is 0.332 e. The van der Waals surface area contributed by atoms with Gasteiger partial charge in [0.05, 0.1) is 6.54 Å². The number of hydrogen-bond donors (Lipinski definition) is 0. The van der Waals surface area contributed by atoms with E-state index in [-0.39, 0.29) is 24.4 Å². The van der Waals surface area contributed by atoms with Gasteiger partial charge in [-0.3, -0.25) is 14.3 Å². The molecule has 0 aliphatic carbocycles. The highest BCUT2D eigenvalue weighted by Gasteiger charge is 2.38. The molecule has 1 aromatic heterocycles. The van der Waals surface area contributed by atoms with Crippen molar-refractivity contribution in [2.75, 3.05) is 19.6 Å². The maximum absolute atomic E-state index is 12.6. The van der Waals surface area contributed by atoms with Crippen LogP contribution in [0.1, 0.15) is 33.6 Å². The van der Waals surface area contributed by atoms with Crippen LogP contribution >= 0.6 is 0 Å². The van der Waals surface area contributed by atoms with Gasteiger partial charge in [-0.2, -0.15) is 5.10 Å². The van der Waals surface area contributed by atoms with Crippen LogP contribution in [0.5, 0.6) is 0 Å². The maximum atomic E-state index is 12.6. The summed E-state index contributed by atoms with van der Waals surface area (Å²) in [6.45, 7) is 8.28. The summed E-state index contributed by atoms with van der Waals surface area (Å²) >= 11 is 0. The molecule has 0 bridgehead atoms. The zero-order chi connectivity index (χ0) is 16.1. The molecule has 0 N–H and O–H groups in total. The number of carbonyl (C=O) groups excluding carboxylic acids is 2. The van der Waals surface area contributed by atoms with Gasteiger partial charge in [-0.25, -0.2) is 0 Å². The summed E-state index contributed by atoms with van der Waals surface area (Å²) in [4.78, 5) is 28.4. The smallest absolute Gasteiger partial charge is 0.245 e. The minimum absolute atomic E-state index is 0.0626. The molecule has 0 spiro atoms. The molecule has 0 unspecified atom stereocenters. The van der Waals surface area contributed by atoms with Crippen LogP contribution < -0.4 is 0 Å². The van der Waals surface area contributed by atoms with Crippen molar-refractivity contribution in [1.29, 1.82) is 0 Å². The van der Waals surface area contributed by atoms with Gasteiger partial charge in [-0.05, 0) is 31.7 Å². The van der Waals surface area contributed by atoms with Crippen LogP contribution in [-0.2, 0) is 16.1 Å². The predicted molar refractivity (Wildman–Crippen MR) is 84.1 cm³/mol. The van der Waals surface area contributed by atoms with E-state index < -0.39 is 0 Å². The number of carbonyl (C=O) groups is 2. The Hall–Kier alpha value is -1.85. The van der Waals surface area contributed by atoms with Gasteiger partial charge in [0.2, 0.25) is 11.8 Å². The highest BCUT2D eigenvalue weighted by molar-refractivity contribution is 5.94. The van der Waals surface area contributed by atoms with Crippen molar-refractivity contribution in [2.24, 2.45) is 5.92 Å². The third-order valence-corrected chi connectivity index (χ3v) is 4.04. The number of hydrogen-bond acceptors (Lipinski definition) is 3. The molecule has 0 aromatic carbocycles. The van der Waals surface area contributed by atoms with Gasteiger partial charge >= 0.3 is 0 Å². The third-order valence-electron chi connectivity index (χ3n) is 4.04. The lowest BCUT2D eigenvalue weighted by atomic mass is 9.98. The van der Waals surface area contributed by atoms with Crippen LogP contribution in [0.4, 0.5) is 0 Å². The number of aryl methyl sites for hydroxylation is 1. The molecule has 2 rings (SSSR count). The molecule has 1 aliphatic rings. The van der Waals surface area contributed by atoms with Crippen LogP contribution in [0.2, 0.25) is 0 Å². The number of nitrogens with zero attached hydrogens (tertiary/aromatic N) is 4. The molecule has 0 radical (unpaired) electrons. The molecule has 1 atom stereocenters. The Labute approximate surface area is 132 Å². The molecule has 1 saturated heterocycles. The van der Waals surface area contributed by atoms with Gasteiger partial charge in [0, 0.05) is 32.0 Å². The number of rotatable bonds is 7. The van der Waals surface area contributed by atoms with Crippen molar-refractivity contribution >= 4 is 11.8 Å². The van der Waals surface area contributed by atoms with Gasteiger partial charge in [0.15, 0.2) is 0 Å². The van der Waals surface area contributed by atoms with E-state index in [1.54, 1.807) is 16.0 Å². The van der Waals surface area contributed by atoms with E-state index in [9.17, 15) is 9.59 Å². The first-order valence-corrected chi connectivity index (χ1v) is 8.08. The van der Waals surface area contributed by atoms with Crippen molar-refractivity contribution < 1.29 is 9.59 Å². The molecule has 2 heterocycles. The second-order valence-corrected chi connectivity index (χ2v) is 6.21. The Morgan fingerprint density at radius 2 is 2.09 bits per heavy atom. The first-order valence-electron chi connectivity index (χ1n) is 8.08. The number of amides is 2. The fourth-order valence-corrected chi connectivity index (χ4v) is 2.91. The number of likely N-dealkylation sites (N-methyl/N-ethyl adjacent to an activating group) is 1. The van der Waals surface area contributed by atoms with Crippen LogP contribution in [0.25, 0.3) is 0 Å². The molecule has 1 aliphatic heterocycles. The minimum Gasteiger partial charge on any atom is -0.332 e. The van der Waals surface area contributed by atoms with Crippen molar-refractivity contribution in [1.82, 2.24) is 19.6 Å². The van der Waals surface area contributed by atoms with E-state index in [1.165, 1.54) is 0 Å². The summed E-state index contributed by atoms with van der Waals surface area (Å²) in [6.07, 6.45) is 5.19. The molecular weight excluding hydrogens is 280 g/mol. The monoisotopic (exact) mass is 306 g/mol. The van der Waals surface area contributed by atoms with Gasteiger partial charge in [0.1, 0.15) is 6.04 Å². The molecule has 1 fully saturated rings. The summed E-state index contributed by atoms with van der Waals surface area (Å²) in [5.74, 6) is 0.537. The zero-order valence-corrected chi connectivity index (χ0v) is 13.7. The first-order chi connectivity index (χ1) is 10.5. The van der Waals surface area contributed by atoms with Crippen LogP contribution in [-0.4, -0.2) is 57.1 Å². The third kappa shape index (κ3) is 3.87. The van der Waals surface area contributed by atoms with Crippen molar-refractivity contribution in [3.05, 3.63) is 18.5 Å². The Kier molecular flexibility index (Phi) is 5.57. The Bertz CT molecular complexity index is 498. The van der Waals surface area contributed by atoms with Crippen LogP contribution in [0, 0.1) is 5.92 Å². The zero-order valence-electron chi connectivity index (χ0n) is 13.7. The van der Waals surface area contributed by atoms with E-state index in [1.807, 2.05) is 23.9 Å². The van der Waals surface area contributed by atoms with Gasteiger partial charge < -0.3 is 9.80 Å². The summed E-state index contributed by atoms with van der Waals surface area (Å²) in [7, 11) is 0. The lowest BCUT2D eigenvalue weighted by molar-refractivity contribution is -0.156. The Morgan fingerprint density at radius 1 is 1.32 bits per heavy atom. The van der Waals surface area contributed by atoms with Crippen molar-refractivity contribution in [3.8, 4) is 0 Å². The van der Waals surface area contributed by atoms with E-state index in [4.69, 9.17) is 0 Å². The van der Waals surface area contributed by atoms with Crippen LogP contribution in [0.3, 0.4) is 0 Å². The quantitative estimate of drug-likeness (QED) is 0.764. The molecular formula is C16H26N4O2. The molecule has 1 aromatic rings. The molecule has 2 amide bonds. The van der Waals surface area contributed by atoms with E-state index in [0.29, 0.717) is 19.0 Å². The summed E-state index contributed by atoms with van der Waals surface area (Å²) in [6, 6.07) is 1.58. The highest BCUT2D eigenvalue weighted by atomic mass is 16.2. The van der Waals surface area contributed by atoms with Gasteiger partial charge in [-0.1, -0.05) is 13.8 Å². The minimum atomic E-state index is -0.307. The molecule has 0 saturated carbocycles. The Morgan fingerprint density at radius 3 is 2.68 bits per heavy atom. The molecule has 6 nitrogen and oxygen atoms in total. The summed E-state index contributed by atoms with van der Waals surface area (Å²) < 4.78 is 1.85. The lowest BCUT2D eigenvalue weighted by Crippen LogP contribution is -2.60. The normalized spacial score (nSPS) is 19.4. The van der Waals surface area contributed by atoms with E-state index >= 15 is 0 Å². The Balaban J connectivity index is 2.01. The fourth-order valence-electron chi connectivity index (χ4n) is 2.91. The predicted octanol–water partition coefficient (Wildman–Crippen LogP) is 1.38. The summed E-state index contributed by atoms with van der Waals surface area (Å²) in [5.41, 5.74) is 0. The SMILES string of the molecule is CCN1CC(=O)N(CCCn2cccn2)[C@@H](CC(C)C)C1=O. The number of piperazine rings is 1. The first kappa shape index (κ1) is 16.5. The lowest BCUT2D eigenvalue weighted by Gasteiger charge is -2.40. The van der Waals surface area contributed by atoms with Crippen LogP contribution in [0.15, 0.2) is 18.5 Å². The van der Waals surface area contributed by atoms with Gasteiger partial charge in [0.25, 0.3) is 0 Å².